The Labute approximate surface area is 116 Å². The number of nitrogens with zero attached hydrogens (tertiary/aromatic N) is 2. The van der Waals surface area contributed by atoms with E-state index in [-0.39, 0.29) is 5.91 Å². The number of carbonyl (C=O) groups is 1. The van der Waals surface area contributed by atoms with Crippen molar-refractivity contribution < 1.29 is 9.21 Å². The Bertz CT molecular complexity index is 701. The first-order valence-corrected chi connectivity index (χ1v) is 6.52. The number of aromatic nitrogens is 2. The molecule has 0 fully saturated rings. The second-order valence-corrected chi connectivity index (χ2v) is 4.53. The molecule has 0 bridgehead atoms. The fraction of sp³-hybridized carbons (Fsp3) is 0.200. The first kappa shape index (κ1) is 12.5. The van der Waals surface area contributed by atoms with E-state index in [9.17, 15) is 4.79 Å². The first-order valence-electron chi connectivity index (χ1n) is 6.52. The van der Waals surface area contributed by atoms with Gasteiger partial charge in [-0.05, 0) is 18.2 Å². The number of benzene rings is 1. The molecule has 1 aromatic carbocycles. The topological polar surface area (TPSA) is 60.1 Å². The predicted molar refractivity (Wildman–Crippen MR) is 74.9 cm³/mol. The summed E-state index contributed by atoms with van der Waals surface area (Å²) in [5.41, 5.74) is 1.05. The average molecular weight is 269 g/mol. The lowest BCUT2D eigenvalue weighted by molar-refractivity contribution is -0.121. The predicted octanol–water partition coefficient (Wildman–Crippen LogP) is 2.34. The van der Waals surface area contributed by atoms with E-state index in [1.807, 2.05) is 41.2 Å². The molecular weight excluding hydrogens is 254 g/mol. The molecule has 0 spiro atoms. The van der Waals surface area contributed by atoms with Crippen molar-refractivity contribution in [2.75, 3.05) is 0 Å². The smallest absolute Gasteiger partial charge is 0.222 e. The van der Waals surface area contributed by atoms with Crippen molar-refractivity contribution in [2.24, 2.45) is 0 Å². The number of fused-ring (bicyclic) bond motifs is 1. The Kier molecular flexibility index (Phi) is 3.50. The number of hydrogen-bond acceptors (Lipinski definition) is 3. The van der Waals surface area contributed by atoms with E-state index >= 15 is 0 Å². The molecule has 3 aromatic rings. The first-order chi connectivity index (χ1) is 9.83. The van der Waals surface area contributed by atoms with Crippen LogP contribution in [0.25, 0.3) is 10.9 Å². The van der Waals surface area contributed by atoms with E-state index in [0.717, 1.165) is 16.7 Å². The summed E-state index contributed by atoms with van der Waals surface area (Å²) >= 11 is 0. The molecule has 3 rings (SSSR count). The standard InChI is InChI=1S/C15H15N3O2/c19-15(16-11-13-5-3-9-20-13)7-8-18-14-6-2-1-4-12(14)10-17-18/h1-6,9-10H,7-8,11H2,(H,16,19). The fourth-order valence-corrected chi connectivity index (χ4v) is 2.10. The summed E-state index contributed by atoms with van der Waals surface area (Å²) in [5, 5.41) is 8.20. The highest BCUT2D eigenvalue weighted by Crippen LogP contribution is 2.12. The van der Waals surface area contributed by atoms with Crippen molar-refractivity contribution >= 4 is 16.8 Å². The highest BCUT2D eigenvalue weighted by molar-refractivity contribution is 5.79. The summed E-state index contributed by atoms with van der Waals surface area (Å²) in [6.45, 7) is 0.989. The Morgan fingerprint density at radius 3 is 3.00 bits per heavy atom. The van der Waals surface area contributed by atoms with E-state index in [0.29, 0.717) is 19.5 Å². The zero-order valence-corrected chi connectivity index (χ0v) is 11.0. The Balaban J connectivity index is 1.55. The molecule has 20 heavy (non-hydrogen) atoms. The molecule has 0 radical (unpaired) electrons. The van der Waals surface area contributed by atoms with Crippen LogP contribution in [0.1, 0.15) is 12.2 Å². The van der Waals surface area contributed by atoms with Crippen LogP contribution in [0.5, 0.6) is 0 Å². The maximum atomic E-state index is 11.8. The number of nitrogens with one attached hydrogen (secondary N) is 1. The third-order valence-corrected chi connectivity index (χ3v) is 3.14. The van der Waals surface area contributed by atoms with Gasteiger partial charge in [-0.15, -0.1) is 0 Å². The Hall–Kier alpha value is -2.56. The second kappa shape index (κ2) is 5.61. The molecule has 0 atom stereocenters. The van der Waals surface area contributed by atoms with Gasteiger partial charge in [0, 0.05) is 11.8 Å². The lowest BCUT2D eigenvalue weighted by Crippen LogP contribution is -2.23. The summed E-state index contributed by atoms with van der Waals surface area (Å²) in [6, 6.07) is 11.6. The molecule has 2 heterocycles. The van der Waals surface area contributed by atoms with Gasteiger partial charge in [0.2, 0.25) is 5.91 Å². The highest BCUT2D eigenvalue weighted by Gasteiger charge is 2.06. The summed E-state index contributed by atoms with van der Waals surface area (Å²) in [5.74, 6) is 0.740. The van der Waals surface area contributed by atoms with Gasteiger partial charge in [0.25, 0.3) is 0 Å². The number of amides is 1. The van der Waals surface area contributed by atoms with Gasteiger partial charge < -0.3 is 9.73 Å². The largest absolute Gasteiger partial charge is 0.467 e. The molecule has 0 aliphatic heterocycles. The van der Waals surface area contributed by atoms with Gasteiger partial charge in [-0.2, -0.15) is 5.10 Å². The van der Waals surface area contributed by atoms with E-state index in [1.54, 1.807) is 12.3 Å². The van der Waals surface area contributed by atoms with Crippen molar-refractivity contribution in [1.82, 2.24) is 15.1 Å². The van der Waals surface area contributed by atoms with Gasteiger partial charge in [0.05, 0.1) is 31.1 Å². The van der Waals surface area contributed by atoms with E-state index in [2.05, 4.69) is 10.4 Å². The van der Waals surface area contributed by atoms with Gasteiger partial charge in [-0.25, -0.2) is 0 Å². The minimum atomic E-state index is -0.0130. The molecule has 0 unspecified atom stereocenters. The minimum absolute atomic E-state index is 0.0130. The lowest BCUT2D eigenvalue weighted by Gasteiger charge is -2.05. The van der Waals surface area contributed by atoms with Crippen molar-refractivity contribution in [3.05, 3.63) is 54.6 Å². The maximum absolute atomic E-state index is 11.8. The van der Waals surface area contributed by atoms with E-state index in [1.165, 1.54) is 0 Å². The van der Waals surface area contributed by atoms with Crippen molar-refractivity contribution in [3.8, 4) is 0 Å². The fourth-order valence-electron chi connectivity index (χ4n) is 2.10. The van der Waals surface area contributed by atoms with Crippen molar-refractivity contribution in [3.63, 3.8) is 0 Å². The molecule has 0 aliphatic rings. The molecular formula is C15H15N3O2. The summed E-state index contributed by atoms with van der Waals surface area (Å²) < 4.78 is 7.01. The SMILES string of the molecule is O=C(CCn1ncc2ccccc21)NCc1ccco1. The van der Waals surface area contributed by atoms with Gasteiger partial charge in [-0.3, -0.25) is 9.48 Å². The molecule has 0 saturated carbocycles. The normalized spacial score (nSPS) is 10.8. The van der Waals surface area contributed by atoms with Gasteiger partial charge in [0.15, 0.2) is 0 Å². The zero-order chi connectivity index (χ0) is 13.8. The van der Waals surface area contributed by atoms with E-state index in [4.69, 9.17) is 4.42 Å². The summed E-state index contributed by atoms with van der Waals surface area (Å²) in [4.78, 5) is 11.8. The number of rotatable bonds is 5. The van der Waals surface area contributed by atoms with Crippen LogP contribution >= 0.6 is 0 Å². The van der Waals surface area contributed by atoms with Crippen LogP contribution in [-0.2, 0) is 17.9 Å². The molecule has 2 aromatic heterocycles. The molecule has 1 amide bonds. The van der Waals surface area contributed by atoms with Gasteiger partial charge in [-0.1, -0.05) is 18.2 Å². The quantitative estimate of drug-likeness (QED) is 0.773. The molecule has 5 heteroatoms. The average Bonchev–Trinajstić information content (AvgIpc) is 3.12. The lowest BCUT2D eigenvalue weighted by atomic mass is 10.2. The number of furan rings is 1. The highest BCUT2D eigenvalue weighted by atomic mass is 16.3. The van der Waals surface area contributed by atoms with Crippen molar-refractivity contribution in [2.45, 2.75) is 19.5 Å². The molecule has 5 nitrogen and oxygen atoms in total. The third kappa shape index (κ3) is 2.71. The Morgan fingerprint density at radius 2 is 2.15 bits per heavy atom. The summed E-state index contributed by atoms with van der Waals surface area (Å²) in [7, 11) is 0. The van der Waals surface area contributed by atoms with Gasteiger partial charge in [0.1, 0.15) is 5.76 Å². The third-order valence-electron chi connectivity index (χ3n) is 3.14. The van der Waals surface area contributed by atoms with Crippen LogP contribution in [0.2, 0.25) is 0 Å². The maximum Gasteiger partial charge on any atom is 0.222 e. The molecule has 1 N–H and O–H groups in total. The monoisotopic (exact) mass is 269 g/mol. The molecule has 102 valence electrons. The number of carbonyl (C=O) groups excluding carboxylic acids is 1. The zero-order valence-electron chi connectivity index (χ0n) is 11.0. The van der Waals surface area contributed by atoms with Crippen LogP contribution in [0.15, 0.2) is 53.3 Å². The number of aryl methyl sites for hydroxylation is 1. The van der Waals surface area contributed by atoms with Crippen LogP contribution in [0.4, 0.5) is 0 Å². The van der Waals surface area contributed by atoms with Crippen molar-refractivity contribution in [1.29, 1.82) is 0 Å². The molecule has 0 aliphatic carbocycles. The minimum Gasteiger partial charge on any atom is -0.467 e. The second-order valence-electron chi connectivity index (χ2n) is 4.53. The van der Waals surface area contributed by atoms with E-state index < -0.39 is 0 Å². The van der Waals surface area contributed by atoms with Crippen LogP contribution < -0.4 is 5.32 Å². The van der Waals surface area contributed by atoms with Crippen LogP contribution in [0.3, 0.4) is 0 Å². The van der Waals surface area contributed by atoms with Gasteiger partial charge >= 0.3 is 0 Å². The van der Waals surface area contributed by atoms with Crippen LogP contribution in [-0.4, -0.2) is 15.7 Å². The Morgan fingerprint density at radius 1 is 1.25 bits per heavy atom. The van der Waals surface area contributed by atoms with Crippen LogP contribution in [0, 0.1) is 0 Å². The molecule has 0 saturated heterocycles. The number of para-hydroxylation sites is 1. The summed E-state index contributed by atoms with van der Waals surface area (Å²) in [6.07, 6.45) is 3.81. The number of hydrogen-bond donors (Lipinski definition) is 1.